The van der Waals surface area contributed by atoms with E-state index < -0.39 is 6.36 Å². The summed E-state index contributed by atoms with van der Waals surface area (Å²) in [6.45, 7) is 2.78. The molecule has 0 radical (unpaired) electrons. The smallest absolute Gasteiger partial charge is 0.406 e. The molecule has 0 spiro atoms. The van der Waals surface area contributed by atoms with Crippen molar-refractivity contribution in [2.75, 3.05) is 20.1 Å². The molecule has 3 nitrogen and oxygen atoms in total. The lowest BCUT2D eigenvalue weighted by molar-refractivity contribution is -0.274. The van der Waals surface area contributed by atoms with Crippen LogP contribution in [0.25, 0.3) is 0 Å². The number of benzene rings is 1. The number of hydrogen-bond acceptors (Lipinski definition) is 3. The summed E-state index contributed by atoms with van der Waals surface area (Å²) in [4.78, 5) is 2.25. The van der Waals surface area contributed by atoms with Crippen molar-refractivity contribution >= 4 is 12.4 Å². The minimum Gasteiger partial charge on any atom is -0.406 e. The lowest BCUT2D eigenvalue weighted by Crippen LogP contribution is -2.40. The van der Waals surface area contributed by atoms with Gasteiger partial charge in [-0.15, -0.1) is 25.6 Å². The van der Waals surface area contributed by atoms with Gasteiger partial charge < -0.3 is 10.1 Å². The average molecular weight is 325 g/mol. The molecule has 0 bridgehead atoms. The largest absolute Gasteiger partial charge is 0.573 e. The Labute approximate surface area is 128 Å². The number of halogens is 4. The molecular weight excluding hydrogens is 305 g/mol. The SMILES string of the molecule is CN(Cc1ccc(OC(F)(F)F)cc1)C1CCNCC1.Cl. The molecule has 1 aliphatic heterocycles. The van der Waals surface area contributed by atoms with Crippen LogP contribution in [-0.2, 0) is 6.54 Å². The number of ether oxygens (including phenoxy) is 1. The standard InChI is InChI=1S/C14H19F3N2O.ClH/c1-19(12-6-8-18-9-7-12)10-11-2-4-13(5-3-11)20-14(15,16)17;/h2-5,12,18H,6-10H2,1H3;1H. The highest BCUT2D eigenvalue weighted by atomic mass is 35.5. The number of nitrogens with one attached hydrogen (secondary N) is 1. The Morgan fingerprint density at radius 2 is 1.76 bits per heavy atom. The van der Waals surface area contributed by atoms with Crippen molar-refractivity contribution in [3.63, 3.8) is 0 Å². The van der Waals surface area contributed by atoms with Gasteiger partial charge in [0.15, 0.2) is 0 Å². The first-order valence-electron chi connectivity index (χ1n) is 6.70. The van der Waals surface area contributed by atoms with E-state index in [1.54, 1.807) is 12.1 Å². The third-order valence-electron chi connectivity index (χ3n) is 3.52. The zero-order chi connectivity index (χ0) is 14.6. The van der Waals surface area contributed by atoms with Crippen LogP contribution in [0.2, 0.25) is 0 Å². The molecule has 1 fully saturated rings. The third-order valence-corrected chi connectivity index (χ3v) is 3.52. The van der Waals surface area contributed by atoms with Crippen molar-refractivity contribution < 1.29 is 17.9 Å². The second kappa shape index (κ2) is 7.87. The maximum absolute atomic E-state index is 12.1. The Morgan fingerprint density at radius 1 is 1.19 bits per heavy atom. The fourth-order valence-corrected chi connectivity index (χ4v) is 2.46. The van der Waals surface area contributed by atoms with Crippen molar-refractivity contribution in [3.8, 4) is 5.75 Å². The normalized spacial score (nSPS) is 16.6. The molecule has 2 rings (SSSR count). The van der Waals surface area contributed by atoms with E-state index in [0.717, 1.165) is 38.0 Å². The molecular formula is C14H20ClF3N2O. The van der Waals surface area contributed by atoms with Crippen LogP contribution in [-0.4, -0.2) is 37.4 Å². The van der Waals surface area contributed by atoms with Crippen molar-refractivity contribution in [2.24, 2.45) is 0 Å². The Balaban J connectivity index is 0.00000220. The Bertz CT molecular complexity index is 419. The van der Waals surface area contributed by atoms with Crippen LogP contribution in [0.15, 0.2) is 24.3 Å². The number of rotatable bonds is 4. The van der Waals surface area contributed by atoms with Gasteiger partial charge in [-0.3, -0.25) is 4.90 Å². The van der Waals surface area contributed by atoms with Crippen LogP contribution in [0.3, 0.4) is 0 Å². The molecule has 0 saturated carbocycles. The first-order chi connectivity index (χ1) is 9.44. The van der Waals surface area contributed by atoms with Crippen LogP contribution in [0.4, 0.5) is 13.2 Å². The highest BCUT2D eigenvalue weighted by molar-refractivity contribution is 5.85. The first-order valence-corrected chi connectivity index (χ1v) is 6.70. The molecule has 1 N–H and O–H groups in total. The van der Waals surface area contributed by atoms with Crippen LogP contribution >= 0.6 is 12.4 Å². The van der Waals surface area contributed by atoms with E-state index in [9.17, 15) is 13.2 Å². The van der Waals surface area contributed by atoms with E-state index in [4.69, 9.17) is 0 Å². The van der Waals surface area contributed by atoms with Crippen LogP contribution in [0.1, 0.15) is 18.4 Å². The molecule has 0 atom stereocenters. The van der Waals surface area contributed by atoms with Crippen molar-refractivity contribution in [1.82, 2.24) is 10.2 Å². The predicted octanol–water partition coefficient (Wildman–Crippen LogP) is 3.19. The summed E-state index contributed by atoms with van der Waals surface area (Å²) < 4.78 is 40.0. The van der Waals surface area contributed by atoms with E-state index in [0.29, 0.717) is 6.04 Å². The van der Waals surface area contributed by atoms with Crippen LogP contribution in [0.5, 0.6) is 5.75 Å². The highest BCUT2D eigenvalue weighted by Crippen LogP contribution is 2.23. The number of piperidine rings is 1. The molecule has 0 aromatic heterocycles. The Kier molecular flexibility index (Phi) is 6.77. The van der Waals surface area contributed by atoms with E-state index in [2.05, 4.69) is 22.0 Å². The predicted molar refractivity (Wildman–Crippen MR) is 77.7 cm³/mol. The van der Waals surface area contributed by atoms with E-state index >= 15 is 0 Å². The van der Waals surface area contributed by atoms with Crippen LogP contribution in [0, 0.1) is 0 Å². The van der Waals surface area contributed by atoms with Gasteiger partial charge in [-0.05, 0) is 50.7 Å². The summed E-state index contributed by atoms with van der Waals surface area (Å²) in [6, 6.07) is 6.61. The average Bonchev–Trinajstić information content (AvgIpc) is 2.40. The number of nitrogens with zero attached hydrogens (tertiary/aromatic N) is 1. The fraction of sp³-hybridized carbons (Fsp3) is 0.571. The van der Waals surface area contributed by atoms with Gasteiger partial charge in [0.2, 0.25) is 0 Å². The topological polar surface area (TPSA) is 24.5 Å². The minimum atomic E-state index is -4.63. The van der Waals surface area contributed by atoms with Gasteiger partial charge in [0.05, 0.1) is 0 Å². The summed E-state index contributed by atoms with van der Waals surface area (Å²) in [5.41, 5.74) is 0.987. The van der Waals surface area contributed by atoms with Gasteiger partial charge in [0, 0.05) is 12.6 Å². The second-order valence-electron chi connectivity index (χ2n) is 5.09. The van der Waals surface area contributed by atoms with Crippen LogP contribution < -0.4 is 10.1 Å². The third kappa shape index (κ3) is 6.11. The summed E-state index contributed by atoms with van der Waals surface area (Å²) in [7, 11) is 2.05. The van der Waals surface area contributed by atoms with Gasteiger partial charge in [0.25, 0.3) is 0 Å². The quantitative estimate of drug-likeness (QED) is 0.920. The molecule has 120 valence electrons. The van der Waals surface area contributed by atoms with E-state index in [-0.39, 0.29) is 18.2 Å². The molecule has 1 heterocycles. The zero-order valence-corrected chi connectivity index (χ0v) is 12.6. The minimum absolute atomic E-state index is 0. The van der Waals surface area contributed by atoms with Crippen molar-refractivity contribution in [2.45, 2.75) is 31.8 Å². The molecule has 0 aliphatic carbocycles. The van der Waals surface area contributed by atoms with Gasteiger partial charge in [0.1, 0.15) is 5.75 Å². The molecule has 0 amide bonds. The van der Waals surface area contributed by atoms with Gasteiger partial charge >= 0.3 is 6.36 Å². The molecule has 21 heavy (non-hydrogen) atoms. The summed E-state index contributed by atoms with van der Waals surface area (Å²) in [5.74, 6) is -0.175. The summed E-state index contributed by atoms with van der Waals surface area (Å²) in [6.07, 6.45) is -2.43. The number of alkyl halides is 3. The highest BCUT2D eigenvalue weighted by Gasteiger charge is 2.31. The molecule has 1 saturated heterocycles. The van der Waals surface area contributed by atoms with Gasteiger partial charge in [-0.25, -0.2) is 0 Å². The Hall–Kier alpha value is -0.980. The monoisotopic (exact) mass is 324 g/mol. The van der Waals surface area contributed by atoms with E-state index in [1.165, 1.54) is 12.1 Å². The van der Waals surface area contributed by atoms with Crippen molar-refractivity contribution in [3.05, 3.63) is 29.8 Å². The lowest BCUT2D eigenvalue weighted by atomic mass is 10.0. The van der Waals surface area contributed by atoms with Gasteiger partial charge in [-0.1, -0.05) is 12.1 Å². The second-order valence-corrected chi connectivity index (χ2v) is 5.09. The lowest BCUT2D eigenvalue weighted by Gasteiger charge is -2.31. The first kappa shape index (κ1) is 18.1. The summed E-state index contributed by atoms with van der Waals surface area (Å²) >= 11 is 0. The number of hydrogen-bond donors (Lipinski definition) is 1. The molecule has 1 aliphatic rings. The molecule has 1 aromatic carbocycles. The maximum atomic E-state index is 12.1. The van der Waals surface area contributed by atoms with Crippen molar-refractivity contribution in [1.29, 1.82) is 0 Å². The Morgan fingerprint density at radius 3 is 2.29 bits per heavy atom. The fourth-order valence-electron chi connectivity index (χ4n) is 2.46. The molecule has 7 heteroatoms. The van der Waals surface area contributed by atoms with Gasteiger partial charge in [-0.2, -0.15) is 0 Å². The summed E-state index contributed by atoms with van der Waals surface area (Å²) in [5, 5.41) is 3.31. The maximum Gasteiger partial charge on any atom is 0.573 e. The molecule has 0 unspecified atom stereocenters. The molecule has 1 aromatic rings. The zero-order valence-electron chi connectivity index (χ0n) is 11.8. The van der Waals surface area contributed by atoms with E-state index in [1.807, 2.05) is 0 Å².